The summed E-state index contributed by atoms with van der Waals surface area (Å²) >= 11 is 0. The van der Waals surface area contributed by atoms with Gasteiger partial charge in [0.05, 0.1) is 0 Å². The molecule has 2 heterocycles. The van der Waals surface area contributed by atoms with Gasteiger partial charge in [-0.2, -0.15) is 5.10 Å². The number of aryl methyl sites for hydroxylation is 2. The molecule has 0 saturated heterocycles. The van der Waals surface area contributed by atoms with Crippen LogP contribution in [-0.4, -0.2) is 34.3 Å². The first-order valence-corrected chi connectivity index (χ1v) is 7.30. The maximum atomic E-state index is 12.1. The van der Waals surface area contributed by atoms with E-state index in [9.17, 15) is 13.2 Å². The van der Waals surface area contributed by atoms with Crippen molar-refractivity contribution in [1.29, 1.82) is 0 Å². The largest absolute Gasteiger partial charge is 0.477 e. The van der Waals surface area contributed by atoms with Crippen LogP contribution in [0.5, 0.6) is 0 Å². The van der Waals surface area contributed by atoms with Crippen LogP contribution < -0.4 is 4.72 Å². The van der Waals surface area contributed by atoms with Crippen molar-refractivity contribution < 1.29 is 18.3 Å². The second-order valence-corrected chi connectivity index (χ2v) is 5.88. The van der Waals surface area contributed by atoms with Crippen LogP contribution >= 0.6 is 0 Å². The van der Waals surface area contributed by atoms with Gasteiger partial charge in [0, 0.05) is 24.5 Å². The van der Waals surface area contributed by atoms with Crippen molar-refractivity contribution in [1.82, 2.24) is 14.8 Å². The molecule has 2 rings (SSSR count). The zero-order chi connectivity index (χ0) is 14.9. The van der Waals surface area contributed by atoms with Crippen molar-refractivity contribution in [3.8, 4) is 0 Å². The van der Waals surface area contributed by atoms with Crippen molar-refractivity contribution in [2.24, 2.45) is 0 Å². The molecule has 0 aliphatic rings. The molecule has 0 unspecified atom stereocenters. The molecule has 0 bridgehead atoms. The Morgan fingerprint density at radius 1 is 1.50 bits per heavy atom. The van der Waals surface area contributed by atoms with E-state index in [1.54, 1.807) is 13.8 Å². The number of aromatic nitrogens is 3. The summed E-state index contributed by atoms with van der Waals surface area (Å²) in [6.45, 7) is 3.83. The Morgan fingerprint density at radius 3 is 2.65 bits per heavy atom. The Labute approximate surface area is 115 Å². The highest BCUT2D eigenvalue weighted by atomic mass is 32.2. The van der Waals surface area contributed by atoms with Gasteiger partial charge in [0.2, 0.25) is 0 Å². The molecule has 108 valence electrons. The summed E-state index contributed by atoms with van der Waals surface area (Å²) in [5, 5.41) is 15.4. The minimum absolute atomic E-state index is 0.0777. The van der Waals surface area contributed by atoms with Crippen molar-refractivity contribution in [2.75, 3.05) is 4.72 Å². The molecule has 0 aliphatic carbocycles. The molecule has 0 saturated carbocycles. The lowest BCUT2D eigenvalue weighted by Gasteiger charge is -2.02. The molecule has 0 fully saturated rings. The smallest absolute Gasteiger partial charge is 0.352 e. The molecule has 0 aliphatic heterocycles. The third-order valence-corrected chi connectivity index (χ3v) is 4.01. The molecule has 0 radical (unpaired) electrons. The van der Waals surface area contributed by atoms with E-state index in [2.05, 4.69) is 14.9 Å². The van der Waals surface area contributed by atoms with E-state index >= 15 is 0 Å². The maximum absolute atomic E-state index is 12.1. The monoisotopic (exact) mass is 298 g/mol. The summed E-state index contributed by atoms with van der Waals surface area (Å²) in [7, 11) is -3.86. The number of hydrogen-bond donors (Lipinski definition) is 3. The maximum Gasteiger partial charge on any atom is 0.352 e. The predicted molar refractivity (Wildman–Crippen MR) is 71.2 cm³/mol. The summed E-state index contributed by atoms with van der Waals surface area (Å²) in [4.78, 5) is 10.9. The van der Waals surface area contributed by atoms with Crippen LogP contribution in [0.25, 0.3) is 0 Å². The van der Waals surface area contributed by atoms with Gasteiger partial charge in [0.25, 0.3) is 10.0 Å². The third kappa shape index (κ3) is 2.67. The van der Waals surface area contributed by atoms with Gasteiger partial charge < -0.3 is 9.67 Å². The molecular formula is C11H14N4O4S. The molecule has 3 N–H and O–H groups in total. The fourth-order valence-corrected chi connectivity index (χ4v) is 2.77. The minimum Gasteiger partial charge on any atom is -0.477 e. The molecule has 0 atom stereocenters. The number of sulfonamides is 1. The van der Waals surface area contributed by atoms with Crippen LogP contribution in [0.2, 0.25) is 0 Å². The lowest BCUT2D eigenvalue weighted by Crippen LogP contribution is -2.12. The fraction of sp³-hybridized carbons (Fsp3) is 0.273. The van der Waals surface area contributed by atoms with Gasteiger partial charge in [0.15, 0.2) is 5.82 Å². The van der Waals surface area contributed by atoms with E-state index in [1.165, 1.54) is 16.8 Å². The number of nitrogens with zero attached hydrogens (tertiary/aromatic N) is 2. The zero-order valence-corrected chi connectivity index (χ0v) is 11.7. The molecule has 0 amide bonds. The summed E-state index contributed by atoms with van der Waals surface area (Å²) in [6, 6.07) is 2.65. The Balaban J connectivity index is 2.37. The summed E-state index contributed by atoms with van der Waals surface area (Å²) in [5.74, 6) is -1.02. The van der Waals surface area contributed by atoms with Gasteiger partial charge in [-0.1, -0.05) is 0 Å². The molecule has 8 nitrogen and oxygen atoms in total. The number of aromatic carboxylic acids is 1. The Hall–Kier alpha value is -2.29. The number of carboxylic acids is 1. The second-order valence-electron chi connectivity index (χ2n) is 4.19. The summed E-state index contributed by atoms with van der Waals surface area (Å²) in [6.07, 6.45) is 1.28. The van der Waals surface area contributed by atoms with E-state index in [-0.39, 0.29) is 16.4 Å². The highest BCUT2D eigenvalue weighted by Gasteiger charge is 2.21. The minimum atomic E-state index is -3.86. The van der Waals surface area contributed by atoms with Crippen LogP contribution in [0.1, 0.15) is 23.1 Å². The lowest BCUT2D eigenvalue weighted by molar-refractivity contribution is 0.0685. The topological polar surface area (TPSA) is 117 Å². The van der Waals surface area contributed by atoms with Crippen LogP contribution in [-0.2, 0) is 16.6 Å². The molecule has 20 heavy (non-hydrogen) atoms. The van der Waals surface area contributed by atoms with E-state index < -0.39 is 16.0 Å². The first-order chi connectivity index (χ1) is 9.33. The van der Waals surface area contributed by atoms with Crippen molar-refractivity contribution >= 4 is 21.8 Å². The normalized spacial score (nSPS) is 11.5. The summed E-state index contributed by atoms with van der Waals surface area (Å²) in [5.41, 5.74) is 0.631. The number of H-pyrrole nitrogens is 1. The van der Waals surface area contributed by atoms with Gasteiger partial charge in [-0.3, -0.25) is 9.82 Å². The Morgan fingerprint density at radius 2 is 2.20 bits per heavy atom. The predicted octanol–water partition coefficient (Wildman–Crippen LogP) is 1.04. The molecule has 2 aromatic heterocycles. The van der Waals surface area contributed by atoms with Crippen LogP contribution in [0.15, 0.2) is 23.2 Å². The van der Waals surface area contributed by atoms with Crippen LogP contribution in [0.4, 0.5) is 5.82 Å². The first-order valence-electron chi connectivity index (χ1n) is 5.82. The lowest BCUT2D eigenvalue weighted by atomic mass is 10.4. The van der Waals surface area contributed by atoms with E-state index in [1.807, 2.05) is 0 Å². The highest BCUT2D eigenvalue weighted by molar-refractivity contribution is 7.92. The second kappa shape index (κ2) is 5.00. The number of rotatable bonds is 5. The molecule has 2 aromatic rings. The molecule has 0 spiro atoms. The molecule has 9 heteroatoms. The van der Waals surface area contributed by atoms with Crippen molar-refractivity contribution in [3.05, 3.63) is 29.7 Å². The first kappa shape index (κ1) is 14.1. The van der Waals surface area contributed by atoms with Gasteiger partial charge in [0.1, 0.15) is 10.6 Å². The van der Waals surface area contributed by atoms with E-state index in [4.69, 9.17) is 5.11 Å². The zero-order valence-electron chi connectivity index (χ0n) is 10.9. The van der Waals surface area contributed by atoms with Crippen molar-refractivity contribution in [3.63, 3.8) is 0 Å². The third-order valence-electron chi connectivity index (χ3n) is 2.69. The highest BCUT2D eigenvalue weighted by Crippen LogP contribution is 2.18. The number of carboxylic acid groups (broad SMARTS) is 1. The van der Waals surface area contributed by atoms with Gasteiger partial charge in [-0.25, -0.2) is 13.2 Å². The number of hydrogen-bond acceptors (Lipinski definition) is 4. The van der Waals surface area contributed by atoms with Crippen LogP contribution in [0, 0.1) is 6.92 Å². The number of anilines is 1. The standard InChI is InChI=1S/C11H14N4O4S/c1-3-15-6-8(5-9(15)11(16)17)20(18,19)14-10-4-7(2)12-13-10/h4-6H,3H2,1-2H3,(H,16,17)(H2,12,13,14). The average molecular weight is 298 g/mol. The van der Waals surface area contributed by atoms with Crippen molar-refractivity contribution in [2.45, 2.75) is 25.3 Å². The number of aromatic amines is 1. The number of nitrogens with one attached hydrogen (secondary N) is 2. The Kier molecular flexibility index (Phi) is 3.53. The quantitative estimate of drug-likeness (QED) is 0.762. The van der Waals surface area contributed by atoms with Crippen LogP contribution in [0.3, 0.4) is 0 Å². The fourth-order valence-electron chi connectivity index (χ4n) is 1.74. The van der Waals surface area contributed by atoms with Gasteiger partial charge >= 0.3 is 5.97 Å². The molecular weight excluding hydrogens is 284 g/mol. The van der Waals surface area contributed by atoms with Gasteiger partial charge in [-0.05, 0) is 19.9 Å². The Bertz CT molecular complexity index is 744. The van der Waals surface area contributed by atoms with E-state index in [0.717, 1.165) is 6.07 Å². The molecule has 0 aromatic carbocycles. The van der Waals surface area contributed by atoms with E-state index in [0.29, 0.717) is 12.2 Å². The number of carbonyl (C=O) groups is 1. The summed E-state index contributed by atoms with van der Waals surface area (Å²) < 4.78 is 27.9. The van der Waals surface area contributed by atoms with Gasteiger partial charge in [-0.15, -0.1) is 0 Å². The average Bonchev–Trinajstić information content (AvgIpc) is 2.95. The SMILES string of the molecule is CCn1cc(S(=O)(=O)Nc2cc(C)[nH]n2)cc1C(=O)O.